The molecule has 1 saturated heterocycles. The molecule has 1 aliphatic rings. The molecule has 0 aromatic heterocycles. The number of nitrogens with one attached hydrogen (secondary N) is 1. The third kappa shape index (κ3) is 99.4. The number of aliphatic hydroxyl groups is 9. The van der Waals surface area contributed by atoms with E-state index in [2.05, 4.69) is 20.5 Å². The van der Waals surface area contributed by atoms with Gasteiger partial charge in [0.15, 0.2) is 47.5 Å². The molecule has 0 spiro atoms. The van der Waals surface area contributed by atoms with E-state index >= 15 is 0 Å². The first kappa shape index (κ1) is 146. The Kier molecular flexibility index (Phi) is 89.8. The van der Waals surface area contributed by atoms with Crippen molar-refractivity contribution in [2.24, 2.45) is 28.9 Å². The molecular formula is C64H107N5O63. The number of hydrogen-bond acceptors (Lipinski definition) is 42. The monoisotopic (exact) mass is 1950 g/mol. The minimum absolute atomic E-state index is 0.0703. The Balaban J connectivity index is -0.000000107. The van der Waals surface area contributed by atoms with Crippen molar-refractivity contribution in [3.63, 3.8) is 0 Å². The molecule has 0 bridgehead atoms. The Hall–Kier alpha value is -14.4. The van der Waals surface area contributed by atoms with Crippen LogP contribution in [0.1, 0.15) is 60.8 Å². The predicted octanol–water partition coefficient (Wildman–Crippen LogP) is -13.5. The molecule has 1 heterocycles. The molecule has 68 heteroatoms. The summed E-state index contributed by atoms with van der Waals surface area (Å²) in [4.78, 5) is 264. The number of ether oxygens (including phenoxy) is 2. The van der Waals surface area contributed by atoms with Gasteiger partial charge in [0, 0.05) is 13.1 Å². The van der Waals surface area contributed by atoms with E-state index in [0.29, 0.717) is 0 Å². The first-order valence-corrected chi connectivity index (χ1v) is 34.0. The highest BCUT2D eigenvalue weighted by molar-refractivity contribution is 5.97. The lowest BCUT2D eigenvalue weighted by Crippen LogP contribution is -2.56. The first-order chi connectivity index (χ1) is 59.6. The third-order valence-corrected chi connectivity index (χ3v) is 12.0. The molecule has 1 aliphatic heterocycles. The fourth-order valence-corrected chi connectivity index (χ4v) is 5.45. The first-order valence-electron chi connectivity index (χ1n) is 34.0. The fraction of sp³-hybridized carbons (Fsp3) is 0.594. The van der Waals surface area contributed by atoms with Crippen molar-refractivity contribution >= 4 is 155 Å². The molecule has 0 amide bonds. The minimum atomic E-state index is -2.27. The lowest BCUT2D eigenvalue weighted by atomic mass is 9.87. The van der Waals surface area contributed by atoms with E-state index in [1.807, 2.05) is 0 Å². The maximum atomic E-state index is 10.8. The predicted molar refractivity (Wildman–Crippen MR) is 407 cm³/mol. The van der Waals surface area contributed by atoms with Crippen molar-refractivity contribution < 1.29 is 313 Å². The standard InChI is InChI=1S/C10H16N2O8.C8H8O9.C6H13NO5.2C5H8O4.C4H9NO2.C4H6O6.2C4H6O5.C4H8O3.C3H4O4.C3H6O3.C2H5NO2.C2H4O3/c13-7(14)3-11(4-8(15)16)1-2-12(5-9(17)18)6-10(19)20;9-5(10)1-2(6(11)12)4(8(15)16)17-3(1)7(13)14;8-2-6(3-9,4-10)7-1-5(11)12;1-5(2,3(6)7)4(8)9;1-2-3(4(6)7)5(8)9;1-5(2)3-4(6)7;5-1(3(7)8)2(6)4(9)10;5-3(6)1-9-2-4(7)8;5-2(4(8)9)1-3(6)7;1-4(2,7)3(5)6;4-2(5)1-3(6)7;1-2(4)3(5)6;2*3-1-2(4)5/h1-6H2,(H,13,14)(H,15,16)(H,17,18)(H,19,20);1-4H,(H,9,10)(H,11,12)(H,13,14)(H,15,16);7-10H,1-4H2,(H,11,12);1-2H3,(H,6,7)(H,8,9);3H,2H2,1H3,(H,6,7)(H,8,9);3H2,1-2H3,(H,6,7);1-2,5-6H,(H,7,8)(H,9,10);1-2H2,(H,5,6)(H,7,8);2,5H,1H2,(H,6,7)(H,8,9);7H,1-2H3,(H,5,6);1H2,(H,4,5)(H,6,7);2,4H,1H3,(H,5,6);1,3H2,(H,4,5);3H,1H2,(H,4,5). The van der Waals surface area contributed by atoms with Crippen molar-refractivity contribution in [1.82, 2.24) is 20.0 Å². The van der Waals surface area contributed by atoms with E-state index < -0.39 is 311 Å². The Morgan fingerprint density at radius 1 is 0.386 bits per heavy atom. The zero-order valence-electron chi connectivity index (χ0n) is 69.9. The summed E-state index contributed by atoms with van der Waals surface area (Å²) in [5, 5.41) is 290. The number of nitrogens with zero attached hydrogens (tertiary/aromatic N) is 3. The SMILES string of the molecule is CC(C)(C(=O)O)C(=O)O.CC(C)(O)C(=O)O.CC(O)C(=O)O.CCC(C(=O)O)C(=O)O.CN(C)CC(=O)O.NCC(=O)O.O=C(O)C(O)C(O)C(=O)O.O=C(O)C1OC(C(=O)O)C(C(=O)O)C1C(=O)O.O=C(O)CC(=O)O.O=C(O)CC(O)C(=O)O.O=C(O)CN(CCN(CC(=O)O)CC(=O)O)CC(=O)O.O=C(O)CNC(CO)(CO)CO.O=C(O)CO.O=C(O)COCC(=O)O. The molecule has 132 heavy (non-hydrogen) atoms. The van der Waals surface area contributed by atoms with Crippen molar-refractivity contribution in [2.45, 2.75) is 109 Å². The second kappa shape index (κ2) is 81.1. The summed E-state index contributed by atoms with van der Waals surface area (Å²) in [6, 6.07) is 0. The van der Waals surface area contributed by atoms with Crippen LogP contribution >= 0.6 is 0 Å². The number of carboxylic acid groups (broad SMARTS) is 26. The summed E-state index contributed by atoms with van der Waals surface area (Å²) in [5.41, 5.74) is 0.0146. The number of rotatable bonds is 44. The van der Waals surface area contributed by atoms with Crippen LogP contribution in [0, 0.1) is 23.2 Å². The molecule has 766 valence electrons. The van der Waals surface area contributed by atoms with Gasteiger partial charge in [-0.25, -0.2) is 47.9 Å². The molecular weight excluding hydrogens is 1850 g/mol. The fourth-order valence-electron chi connectivity index (χ4n) is 5.45. The second-order valence-electron chi connectivity index (χ2n) is 24.7. The quantitative estimate of drug-likeness (QED) is 0.0252. The van der Waals surface area contributed by atoms with Gasteiger partial charge in [0.1, 0.15) is 44.2 Å². The molecule has 8 atom stereocenters. The number of aliphatic hydroxyl groups excluding tert-OH is 8. The normalized spacial score (nSPS) is 13.6. The van der Waals surface area contributed by atoms with Gasteiger partial charge in [0.2, 0.25) is 0 Å². The Morgan fingerprint density at radius 2 is 0.659 bits per heavy atom. The largest absolute Gasteiger partial charge is 0.481 e. The van der Waals surface area contributed by atoms with Gasteiger partial charge < -0.3 is 194 Å². The van der Waals surface area contributed by atoms with Crippen LogP contribution in [0.4, 0.5) is 0 Å². The van der Waals surface area contributed by atoms with Gasteiger partial charge in [0.05, 0.1) is 77.6 Å². The number of nitrogens with two attached hydrogens (primary N) is 1. The van der Waals surface area contributed by atoms with Crippen LogP contribution < -0.4 is 11.1 Å². The van der Waals surface area contributed by atoms with Crippen LogP contribution in [0.25, 0.3) is 0 Å². The highest BCUT2D eigenvalue weighted by Crippen LogP contribution is 2.34. The zero-order chi connectivity index (χ0) is 108. The summed E-state index contributed by atoms with van der Waals surface area (Å²) in [6.45, 7) is 1.13. The molecule has 0 aromatic rings. The third-order valence-electron chi connectivity index (χ3n) is 12.0. The van der Waals surface area contributed by atoms with Gasteiger partial charge in [-0.1, -0.05) is 6.92 Å². The zero-order valence-corrected chi connectivity index (χ0v) is 69.9. The summed E-state index contributed by atoms with van der Waals surface area (Å²) in [7, 11) is 3.43. The topological polar surface area (TPSA) is 1220 Å². The van der Waals surface area contributed by atoms with Gasteiger partial charge in [-0.3, -0.25) is 96.7 Å². The van der Waals surface area contributed by atoms with Crippen LogP contribution in [-0.4, -0.2) is 509 Å². The van der Waals surface area contributed by atoms with E-state index in [-0.39, 0.29) is 32.6 Å². The molecule has 68 nitrogen and oxygen atoms in total. The van der Waals surface area contributed by atoms with Gasteiger partial charge in [-0.05, 0) is 55.1 Å². The van der Waals surface area contributed by atoms with E-state index in [0.717, 1.165) is 23.6 Å². The maximum absolute atomic E-state index is 10.8. The number of carboxylic acids is 26. The number of likely N-dealkylation sites (N-methyl/N-ethyl adjacent to an activating group) is 1. The Bertz CT molecular complexity index is 3460. The molecule has 0 radical (unpaired) electrons. The van der Waals surface area contributed by atoms with Gasteiger partial charge in [-0.2, -0.15) is 0 Å². The summed E-state index contributed by atoms with van der Waals surface area (Å²) in [5.74, 6) is -39.9. The molecule has 8 unspecified atom stereocenters. The van der Waals surface area contributed by atoms with Crippen molar-refractivity contribution in [1.29, 1.82) is 0 Å². The second-order valence-corrected chi connectivity index (χ2v) is 24.7. The van der Waals surface area contributed by atoms with E-state index in [1.165, 1.54) is 27.7 Å². The van der Waals surface area contributed by atoms with Gasteiger partial charge in [0.25, 0.3) is 0 Å². The molecule has 0 aliphatic carbocycles. The van der Waals surface area contributed by atoms with E-state index in [9.17, 15) is 120 Å². The summed E-state index contributed by atoms with van der Waals surface area (Å²) in [6.07, 6.45) is -13.0. The number of hydrogen-bond donors (Lipinski definition) is 37. The van der Waals surface area contributed by atoms with Crippen molar-refractivity contribution in [3.05, 3.63) is 0 Å². The maximum Gasteiger partial charge on any atom is 0.335 e. The lowest BCUT2D eigenvalue weighted by molar-refractivity contribution is -0.165. The van der Waals surface area contributed by atoms with Gasteiger partial charge in [-0.15, -0.1) is 0 Å². The molecule has 1 fully saturated rings. The van der Waals surface area contributed by atoms with Crippen LogP contribution in [0.5, 0.6) is 0 Å². The minimum Gasteiger partial charge on any atom is -0.481 e. The van der Waals surface area contributed by atoms with Crippen LogP contribution in [-0.2, 0) is 134 Å². The van der Waals surface area contributed by atoms with Crippen molar-refractivity contribution in [3.8, 4) is 0 Å². The van der Waals surface area contributed by atoms with Crippen molar-refractivity contribution in [2.75, 3.05) is 113 Å². The van der Waals surface area contributed by atoms with Crippen LogP contribution in [0.3, 0.4) is 0 Å². The molecule has 1 rings (SSSR count). The highest BCUT2D eigenvalue weighted by atomic mass is 16.6. The highest BCUT2D eigenvalue weighted by Gasteiger charge is 2.58. The average Bonchev–Trinajstić information content (AvgIpc) is 1.63. The molecule has 38 N–H and O–H groups in total. The Morgan fingerprint density at radius 3 is 0.758 bits per heavy atom. The summed E-state index contributed by atoms with van der Waals surface area (Å²) >= 11 is 0. The van der Waals surface area contributed by atoms with Crippen LogP contribution in [0.2, 0.25) is 0 Å². The van der Waals surface area contributed by atoms with Gasteiger partial charge >= 0.3 is 155 Å². The smallest absolute Gasteiger partial charge is 0.335 e. The Labute approximate surface area is 736 Å². The molecule has 0 saturated carbocycles. The van der Waals surface area contributed by atoms with E-state index in [1.54, 1.807) is 19.0 Å². The molecule has 0 aromatic carbocycles. The van der Waals surface area contributed by atoms with E-state index in [4.69, 9.17) is 184 Å². The average molecular weight is 1950 g/mol. The number of aliphatic carboxylic acids is 26. The van der Waals surface area contributed by atoms with Crippen LogP contribution in [0.15, 0.2) is 0 Å². The lowest BCUT2D eigenvalue weighted by Gasteiger charge is -2.27. The summed E-state index contributed by atoms with van der Waals surface area (Å²) < 4.78 is 8.63. The number of carbonyl (C=O) groups is 26.